The van der Waals surface area contributed by atoms with Crippen molar-refractivity contribution in [3.05, 3.63) is 94.5 Å². The Morgan fingerprint density at radius 1 is 0.857 bits per heavy atom. The van der Waals surface area contributed by atoms with Crippen LogP contribution in [-0.4, -0.2) is 18.4 Å². The Kier molecular flexibility index (Phi) is 7.93. The van der Waals surface area contributed by atoms with Crippen LogP contribution in [0.5, 0.6) is 5.75 Å². The van der Waals surface area contributed by atoms with Gasteiger partial charge in [0.25, 0.3) is 11.8 Å². The molecule has 0 saturated carbocycles. The van der Waals surface area contributed by atoms with Crippen LogP contribution in [0, 0.1) is 6.92 Å². The molecule has 1 aliphatic heterocycles. The molecule has 0 spiro atoms. The van der Waals surface area contributed by atoms with E-state index in [0.717, 1.165) is 35.5 Å². The number of carbonyl (C=O) groups excluding carboxylic acids is 2. The Morgan fingerprint density at radius 3 is 2.17 bits per heavy atom. The van der Waals surface area contributed by atoms with Gasteiger partial charge in [-0.1, -0.05) is 54.9 Å². The standard InChI is InChI=1S/C29H30N2O3S/c1-4-6-7-21-10-14-23(15-11-21)31-28(32)26(30-22-12-16-24(17-13-22)34-5-2)27(29(31)33)35-25-18-8-20(3)9-19-25/h8-19,30H,4-7H2,1-3H3. The summed E-state index contributed by atoms with van der Waals surface area (Å²) >= 11 is 1.30. The van der Waals surface area contributed by atoms with Crippen molar-refractivity contribution in [2.24, 2.45) is 0 Å². The molecule has 0 atom stereocenters. The number of thioether (sulfide) groups is 1. The predicted octanol–water partition coefficient (Wildman–Crippen LogP) is 6.73. The van der Waals surface area contributed by atoms with Crippen LogP contribution in [0.1, 0.15) is 37.8 Å². The van der Waals surface area contributed by atoms with Gasteiger partial charge in [0.2, 0.25) is 0 Å². The summed E-state index contributed by atoms with van der Waals surface area (Å²) in [5, 5.41) is 3.20. The van der Waals surface area contributed by atoms with Gasteiger partial charge in [-0.15, -0.1) is 0 Å². The van der Waals surface area contributed by atoms with E-state index in [2.05, 4.69) is 12.2 Å². The van der Waals surface area contributed by atoms with Gasteiger partial charge in [-0.05, 0) is 80.8 Å². The number of benzene rings is 3. The average Bonchev–Trinajstić information content (AvgIpc) is 3.09. The topological polar surface area (TPSA) is 58.6 Å². The lowest BCUT2D eigenvalue weighted by Gasteiger charge is -2.16. The lowest BCUT2D eigenvalue weighted by Crippen LogP contribution is -2.32. The minimum absolute atomic E-state index is 0.278. The van der Waals surface area contributed by atoms with Crippen molar-refractivity contribution in [2.45, 2.75) is 44.9 Å². The molecule has 0 aromatic heterocycles. The van der Waals surface area contributed by atoms with E-state index in [1.54, 1.807) is 0 Å². The van der Waals surface area contributed by atoms with Crippen LogP contribution in [-0.2, 0) is 16.0 Å². The lowest BCUT2D eigenvalue weighted by molar-refractivity contribution is -0.120. The van der Waals surface area contributed by atoms with Gasteiger partial charge in [-0.2, -0.15) is 0 Å². The molecule has 35 heavy (non-hydrogen) atoms. The zero-order valence-corrected chi connectivity index (χ0v) is 21.2. The molecule has 3 aromatic rings. The number of rotatable bonds is 10. The molecule has 1 N–H and O–H groups in total. The second kappa shape index (κ2) is 11.3. The van der Waals surface area contributed by atoms with Crippen molar-refractivity contribution >= 4 is 35.0 Å². The average molecular weight is 487 g/mol. The van der Waals surface area contributed by atoms with Crippen molar-refractivity contribution in [3.63, 3.8) is 0 Å². The van der Waals surface area contributed by atoms with E-state index >= 15 is 0 Å². The number of imide groups is 1. The third-order valence-corrected chi connectivity index (χ3v) is 6.82. The van der Waals surface area contributed by atoms with E-state index in [9.17, 15) is 9.59 Å². The van der Waals surface area contributed by atoms with Gasteiger partial charge < -0.3 is 10.1 Å². The van der Waals surface area contributed by atoms with E-state index in [4.69, 9.17) is 4.74 Å². The van der Waals surface area contributed by atoms with Crippen molar-refractivity contribution < 1.29 is 14.3 Å². The van der Waals surface area contributed by atoms with Crippen LogP contribution in [0.3, 0.4) is 0 Å². The fourth-order valence-corrected chi connectivity index (χ4v) is 4.74. The fraction of sp³-hybridized carbons (Fsp3) is 0.241. The zero-order valence-electron chi connectivity index (χ0n) is 20.3. The number of ether oxygens (including phenoxy) is 1. The largest absolute Gasteiger partial charge is 0.494 e. The number of hydrogen-bond donors (Lipinski definition) is 1. The number of nitrogens with zero attached hydrogens (tertiary/aromatic N) is 1. The highest BCUT2D eigenvalue weighted by Crippen LogP contribution is 2.38. The highest BCUT2D eigenvalue weighted by Gasteiger charge is 2.40. The maximum Gasteiger partial charge on any atom is 0.283 e. The lowest BCUT2D eigenvalue weighted by atomic mass is 10.1. The van der Waals surface area contributed by atoms with E-state index in [1.807, 2.05) is 86.6 Å². The highest BCUT2D eigenvalue weighted by molar-refractivity contribution is 8.04. The van der Waals surface area contributed by atoms with Gasteiger partial charge in [-0.3, -0.25) is 9.59 Å². The Labute approximate surface area is 211 Å². The maximum absolute atomic E-state index is 13.6. The molecular weight excluding hydrogens is 456 g/mol. The van der Waals surface area contributed by atoms with Gasteiger partial charge >= 0.3 is 0 Å². The normalized spacial score (nSPS) is 13.5. The van der Waals surface area contributed by atoms with E-state index in [1.165, 1.54) is 22.2 Å². The Balaban J connectivity index is 1.64. The van der Waals surface area contributed by atoms with Crippen molar-refractivity contribution in [2.75, 3.05) is 16.8 Å². The SMILES string of the molecule is CCCCc1ccc(N2C(=O)C(Nc3ccc(OCC)cc3)=C(Sc3ccc(C)cc3)C2=O)cc1. The van der Waals surface area contributed by atoms with Crippen LogP contribution in [0.4, 0.5) is 11.4 Å². The number of aryl methyl sites for hydroxylation is 2. The number of hydrogen-bond acceptors (Lipinski definition) is 5. The smallest absolute Gasteiger partial charge is 0.283 e. The molecule has 1 heterocycles. The molecule has 0 unspecified atom stereocenters. The number of carbonyl (C=O) groups is 2. The van der Waals surface area contributed by atoms with Crippen molar-refractivity contribution in [3.8, 4) is 5.75 Å². The maximum atomic E-state index is 13.6. The zero-order chi connectivity index (χ0) is 24.8. The molecule has 1 aliphatic rings. The van der Waals surface area contributed by atoms with Gasteiger partial charge in [0.15, 0.2) is 0 Å². The molecule has 2 amide bonds. The van der Waals surface area contributed by atoms with Crippen LogP contribution in [0.25, 0.3) is 0 Å². The first kappa shape index (κ1) is 24.6. The first-order valence-electron chi connectivity index (χ1n) is 12.0. The first-order chi connectivity index (χ1) is 17.0. The summed E-state index contributed by atoms with van der Waals surface area (Å²) in [4.78, 5) is 29.6. The molecule has 6 heteroatoms. The molecule has 5 nitrogen and oxygen atoms in total. The highest BCUT2D eigenvalue weighted by atomic mass is 32.2. The molecule has 4 rings (SSSR count). The Morgan fingerprint density at radius 2 is 1.54 bits per heavy atom. The summed E-state index contributed by atoms with van der Waals surface area (Å²) in [6, 6.07) is 23.0. The molecule has 180 valence electrons. The summed E-state index contributed by atoms with van der Waals surface area (Å²) < 4.78 is 5.51. The molecular formula is C29H30N2O3S. The third kappa shape index (κ3) is 5.77. The second-order valence-electron chi connectivity index (χ2n) is 8.42. The van der Waals surface area contributed by atoms with Crippen LogP contribution in [0.2, 0.25) is 0 Å². The Bertz CT molecular complexity index is 1220. The van der Waals surface area contributed by atoms with E-state index in [-0.39, 0.29) is 17.5 Å². The number of amides is 2. The quantitative estimate of drug-likeness (QED) is 0.322. The predicted molar refractivity (Wildman–Crippen MR) is 143 cm³/mol. The number of unbranched alkanes of at least 4 members (excludes halogenated alkanes) is 1. The monoisotopic (exact) mass is 486 g/mol. The van der Waals surface area contributed by atoms with E-state index in [0.29, 0.717) is 22.9 Å². The van der Waals surface area contributed by atoms with Gasteiger partial charge in [0.1, 0.15) is 16.4 Å². The Hall–Kier alpha value is -3.51. The van der Waals surface area contributed by atoms with Gasteiger partial charge in [0, 0.05) is 10.6 Å². The van der Waals surface area contributed by atoms with E-state index < -0.39 is 0 Å². The molecule has 0 saturated heterocycles. The first-order valence-corrected chi connectivity index (χ1v) is 12.8. The summed E-state index contributed by atoms with van der Waals surface area (Å²) in [6.07, 6.45) is 3.21. The molecule has 3 aromatic carbocycles. The molecule has 0 aliphatic carbocycles. The van der Waals surface area contributed by atoms with Crippen molar-refractivity contribution in [1.82, 2.24) is 0 Å². The van der Waals surface area contributed by atoms with Crippen LogP contribution in [0.15, 0.2) is 88.3 Å². The fourth-order valence-electron chi connectivity index (χ4n) is 3.81. The molecule has 0 bridgehead atoms. The van der Waals surface area contributed by atoms with Gasteiger partial charge in [0.05, 0.1) is 12.3 Å². The van der Waals surface area contributed by atoms with Crippen LogP contribution < -0.4 is 15.0 Å². The summed E-state index contributed by atoms with van der Waals surface area (Å²) in [7, 11) is 0. The van der Waals surface area contributed by atoms with Crippen molar-refractivity contribution in [1.29, 1.82) is 0 Å². The summed E-state index contributed by atoms with van der Waals surface area (Å²) in [5.41, 5.74) is 3.90. The third-order valence-electron chi connectivity index (χ3n) is 5.73. The number of nitrogens with one attached hydrogen (secondary N) is 1. The summed E-state index contributed by atoms with van der Waals surface area (Å²) in [5.74, 6) is 0.0648. The molecule has 0 fully saturated rings. The van der Waals surface area contributed by atoms with Crippen LogP contribution >= 0.6 is 11.8 Å². The second-order valence-corrected chi connectivity index (χ2v) is 9.50. The molecule has 0 radical (unpaired) electrons. The number of anilines is 2. The van der Waals surface area contributed by atoms with Gasteiger partial charge in [-0.25, -0.2) is 4.90 Å². The summed E-state index contributed by atoms with van der Waals surface area (Å²) in [6.45, 7) is 6.68. The minimum Gasteiger partial charge on any atom is -0.494 e. The minimum atomic E-state index is -0.361.